The Morgan fingerprint density at radius 2 is 1.89 bits per heavy atom. The molecule has 0 unspecified atom stereocenters. The van der Waals surface area contributed by atoms with Crippen molar-refractivity contribution < 1.29 is 8.60 Å². The molecule has 0 saturated carbocycles. The van der Waals surface area contributed by atoms with Crippen LogP contribution in [0.15, 0.2) is 24.3 Å². The van der Waals surface area contributed by atoms with Gasteiger partial charge in [0, 0.05) is 34.9 Å². The Morgan fingerprint density at radius 1 is 1.28 bits per heavy atom. The maximum Gasteiger partial charge on any atom is 0.126 e. The molecule has 0 fully saturated rings. The number of rotatable bonds is 6. The number of benzene rings is 1. The number of halogens is 1. The highest BCUT2D eigenvalue weighted by molar-refractivity contribution is 7.84. The first-order valence-electron chi connectivity index (χ1n) is 6.17. The maximum absolute atomic E-state index is 13.6. The van der Waals surface area contributed by atoms with Crippen LogP contribution in [0.2, 0.25) is 0 Å². The smallest absolute Gasteiger partial charge is 0.126 e. The number of hydrogen-bond donors (Lipinski definition) is 0. The van der Waals surface area contributed by atoms with Gasteiger partial charge in [-0.3, -0.25) is 9.11 Å². The van der Waals surface area contributed by atoms with Crippen molar-refractivity contribution in [2.75, 3.05) is 19.1 Å². The molecule has 4 heteroatoms. The molecule has 0 N–H and O–H groups in total. The molecule has 18 heavy (non-hydrogen) atoms. The fourth-order valence-corrected chi connectivity index (χ4v) is 2.93. The van der Waals surface area contributed by atoms with Crippen molar-refractivity contribution in [2.24, 2.45) is 0 Å². The quantitative estimate of drug-likeness (QED) is 0.792. The first kappa shape index (κ1) is 15.3. The van der Waals surface area contributed by atoms with Crippen LogP contribution in [0.25, 0.3) is 0 Å². The lowest BCUT2D eigenvalue weighted by atomic mass is 10.0. The molecule has 0 amide bonds. The van der Waals surface area contributed by atoms with Gasteiger partial charge in [-0.2, -0.15) is 0 Å². The molecule has 0 radical (unpaired) electrons. The highest BCUT2D eigenvalue weighted by Crippen LogP contribution is 2.13. The molecular weight excluding hydrogens is 249 g/mol. The Labute approximate surface area is 112 Å². The van der Waals surface area contributed by atoms with Crippen molar-refractivity contribution >= 4 is 10.8 Å². The van der Waals surface area contributed by atoms with Gasteiger partial charge in [0.1, 0.15) is 5.82 Å². The minimum Gasteiger partial charge on any atom is -0.300 e. The summed E-state index contributed by atoms with van der Waals surface area (Å²) in [4.78, 5) is 2.16. The monoisotopic (exact) mass is 271 g/mol. The second kappa shape index (κ2) is 7.00. The van der Waals surface area contributed by atoms with E-state index in [2.05, 4.69) is 18.7 Å². The molecule has 0 heterocycles. The summed E-state index contributed by atoms with van der Waals surface area (Å²) in [6, 6.07) is 7.33. The van der Waals surface area contributed by atoms with E-state index < -0.39 is 10.8 Å². The fourth-order valence-electron chi connectivity index (χ4n) is 2.02. The predicted molar refractivity (Wildman–Crippen MR) is 75.7 cm³/mol. The molecule has 102 valence electrons. The predicted octanol–water partition coefficient (Wildman–Crippen LogP) is 2.46. The van der Waals surface area contributed by atoms with Gasteiger partial charge in [0.25, 0.3) is 0 Å². The van der Waals surface area contributed by atoms with Gasteiger partial charge in [-0.25, -0.2) is 4.39 Å². The van der Waals surface area contributed by atoms with E-state index in [0.717, 1.165) is 5.56 Å². The summed E-state index contributed by atoms with van der Waals surface area (Å²) in [5.41, 5.74) is 0.738. The molecular formula is C14H22FNOS. The summed E-state index contributed by atoms with van der Waals surface area (Å²) in [5.74, 6) is 0.502. The third kappa shape index (κ3) is 4.50. The van der Waals surface area contributed by atoms with Crippen molar-refractivity contribution in [1.29, 1.82) is 0 Å². The number of likely N-dealkylation sites (N-methyl/N-ethyl adjacent to an activating group) is 1. The van der Waals surface area contributed by atoms with Gasteiger partial charge in [-0.1, -0.05) is 18.2 Å². The van der Waals surface area contributed by atoms with Gasteiger partial charge >= 0.3 is 0 Å². The van der Waals surface area contributed by atoms with Crippen LogP contribution in [0.1, 0.15) is 19.4 Å². The molecule has 0 saturated heterocycles. The summed E-state index contributed by atoms with van der Waals surface area (Å²) in [6.45, 7) is 4.13. The van der Waals surface area contributed by atoms with E-state index in [0.29, 0.717) is 12.2 Å². The Kier molecular flexibility index (Phi) is 5.96. The summed E-state index contributed by atoms with van der Waals surface area (Å²) < 4.78 is 24.8. The minimum absolute atomic E-state index is 0.149. The van der Waals surface area contributed by atoms with Crippen molar-refractivity contribution in [3.63, 3.8) is 0 Å². The molecule has 3 atom stereocenters. The van der Waals surface area contributed by atoms with Gasteiger partial charge < -0.3 is 0 Å². The van der Waals surface area contributed by atoms with Gasteiger partial charge in [0.15, 0.2) is 0 Å². The van der Waals surface area contributed by atoms with Crippen molar-refractivity contribution in [3.05, 3.63) is 35.6 Å². The van der Waals surface area contributed by atoms with E-state index in [1.807, 2.05) is 19.2 Å². The van der Waals surface area contributed by atoms with Crippen molar-refractivity contribution in [2.45, 2.75) is 32.4 Å². The molecule has 0 bridgehead atoms. The van der Waals surface area contributed by atoms with Gasteiger partial charge in [-0.05, 0) is 38.9 Å². The Bertz CT molecular complexity index is 411. The summed E-state index contributed by atoms with van der Waals surface area (Å²) >= 11 is 0. The molecule has 0 spiro atoms. The zero-order chi connectivity index (χ0) is 13.7. The van der Waals surface area contributed by atoms with Crippen LogP contribution in [-0.4, -0.2) is 40.2 Å². The van der Waals surface area contributed by atoms with Crippen LogP contribution in [0.4, 0.5) is 4.39 Å². The van der Waals surface area contributed by atoms with Gasteiger partial charge in [0.05, 0.1) is 0 Å². The topological polar surface area (TPSA) is 20.3 Å². The lowest BCUT2D eigenvalue weighted by Crippen LogP contribution is -2.41. The normalized spacial score (nSPS) is 16.6. The van der Waals surface area contributed by atoms with Crippen LogP contribution in [0.3, 0.4) is 0 Å². The van der Waals surface area contributed by atoms with Crippen molar-refractivity contribution in [1.82, 2.24) is 4.90 Å². The van der Waals surface area contributed by atoms with E-state index in [9.17, 15) is 8.60 Å². The lowest BCUT2D eigenvalue weighted by molar-refractivity contribution is 0.208. The largest absolute Gasteiger partial charge is 0.300 e. The van der Waals surface area contributed by atoms with E-state index in [-0.39, 0.29) is 17.9 Å². The fraction of sp³-hybridized carbons (Fsp3) is 0.571. The molecule has 0 aliphatic rings. The first-order chi connectivity index (χ1) is 8.41. The SMILES string of the molecule is C[C@H](Cc1ccccc1F)N(C)[C@H](C)C[S@@](C)=O. The number of hydrogen-bond acceptors (Lipinski definition) is 2. The third-order valence-corrected chi connectivity index (χ3v) is 4.29. The average Bonchev–Trinajstić information content (AvgIpc) is 2.30. The molecule has 1 aromatic carbocycles. The van der Waals surface area contributed by atoms with E-state index in [1.54, 1.807) is 12.3 Å². The van der Waals surface area contributed by atoms with Crippen LogP contribution in [0.5, 0.6) is 0 Å². The lowest BCUT2D eigenvalue weighted by Gasteiger charge is -2.30. The van der Waals surface area contributed by atoms with E-state index >= 15 is 0 Å². The second-order valence-corrected chi connectivity index (χ2v) is 6.38. The molecule has 0 aliphatic carbocycles. The molecule has 0 aliphatic heterocycles. The Hall–Kier alpha value is -0.740. The minimum atomic E-state index is -0.799. The first-order valence-corrected chi connectivity index (χ1v) is 7.90. The molecule has 1 aromatic rings. The summed E-state index contributed by atoms with van der Waals surface area (Å²) in [6.07, 6.45) is 2.38. The van der Waals surface area contributed by atoms with Crippen LogP contribution in [-0.2, 0) is 17.2 Å². The van der Waals surface area contributed by atoms with Gasteiger partial charge in [0.2, 0.25) is 0 Å². The standard InChI is InChI=1S/C14H22FNOS/c1-11(16(3)12(2)10-18(4)17)9-13-7-5-6-8-14(13)15/h5-8,11-12H,9-10H2,1-4H3/t11-,12-,18-/m1/s1. The highest BCUT2D eigenvalue weighted by atomic mass is 32.2. The summed E-state index contributed by atoms with van der Waals surface area (Å²) in [7, 11) is 1.20. The van der Waals surface area contributed by atoms with Crippen LogP contribution >= 0.6 is 0 Å². The summed E-state index contributed by atoms with van der Waals surface area (Å²) in [5, 5.41) is 0. The zero-order valence-electron chi connectivity index (χ0n) is 11.5. The van der Waals surface area contributed by atoms with Crippen LogP contribution < -0.4 is 0 Å². The zero-order valence-corrected chi connectivity index (χ0v) is 12.3. The Morgan fingerprint density at radius 3 is 2.44 bits per heavy atom. The van der Waals surface area contributed by atoms with E-state index in [4.69, 9.17) is 0 Å². The second-order valence-electron chi connectivity index (χ2n) is 4.90. The van der Waals surface area contributed by atoms with E-state index in [1.165, 1.54) is 6.07 Å². The van der Waals surface area contributed by atoms with Crippen molar-refractivity contribution in [3.8, 4) is 0 Å². The maximum atomic E-state index is 13.6. The average molecular weight is 271 g/mol. The molecule has 2 nitrogen and oxygen atoms in total. The molecule has 1 rings (SSSR count). The Balaban J connectivity index is 2.62. The van der Waals surface area contributed by atoms with Gasteiger partial charge in [-0.15, -0.1) is 0 Å². The van der Waals surface area contributed by atoms with Crippen LogP contribution in [0, 0.1) is 5.82 Å². The third-order valence-electron chi connectivity index (χ3n) is 3.34. The molecule has 0 aromatic heterocycles. The highest BCUT2D eigenvalue weighted by Gasteiger charge is 2.18. The number of nitrogens with zero attached hydrogens (tertiary/aromatic N) is 1.